The van der Waals surface area contributed by atoms with Crippen LogP contribution in [0, 0.1) is 0 Å². The number of hydrogen-bond acceptors (Lipinski definition) is 6. The summed E-state index contributed by atoms with van der Waals surface area (Å²) in [5.74, 6) is 0. The number of rotatable bonds is 10. The zero-order valence-corrected chi connectivity index (χ0v) is 14.3. The van der Waals surface area contributed by atoms with Crippen molar-refractivity contribution in [3.05, 3.63) is 10.6 Å². The Hall–Kier alpha value is -0.690. The zero-order valence-electron chi connectivity index (χ0n) is 13.5. The second kappa shape index (κ2) is 8.08. The summed E-state index contributed by atoms with van der Waals surface area (Å²) in [6, 6.07) is 1.12. The van der Waals surface area contributed by atoms with Crippen LogP contribution in [-0.4, -0.2) is 44.4 Å². The number of aromatic nitrogens is 1. The lowest BCUT2D eigenvalue weighted by Crippen LogP contribution is -2.29. The van der Waals surface area contributed by atoms with E-state index in [9.17, 15) is 0 Å². The molecule has 0 bridgehead atoms. The van der Waals surface area contributed by atoms with E-state index < -0.39 is 0 Å². The van der Waals surface area contributed by atoms with E-state index in [0.29, 0.717) is 18.7 Å². The first kappa shape index (κ1) is 16.7. The minimum Gasteiger partial charge on any atom is -0.383 e. The van der Waals surface area contributed by atoms with Gasteiger partial charge in [0.2, 0.25) is 0 Å². The highest BCUT2D eigenvalue weighted by Crippen LogP contribution is 2.35. The van der Waals surface area contributed by atoms with Gasteiger partial charge in [-0.1, -0.05) is 13.8 Å². The summed E-state index contributed by atoms with van der Waals surface area (Å²) in [4.78, 5) is 8.49. The van der Waals surface area contributed by atoms with E-state index in [0.717, 1.165) is 30.5 Å². The standard InChI is InChI=1S/C15H27N3O2S/c1-11(2)16-9-14-13(10-20-4)17-15(21-14)18(7-8-19-3)12-5-6-12/h11-12,16H,5-10H2,1-4H3. The monoisotopic (exact) mass is 313 g/mol. The largest absolute Gasteiger partial charge is 0.383 e. The van der Waals surface area contributed by atoms with Crippen molar-refractivity contribution in [3.8, 4) is 0 Å². The molecule has 0 atom stereocenters. The van der Waals surface area contributed by atoms with Gasteiger partial charge in [0.05, 0.1) is 18.9 Å². The summed E-state index contributed by atoms with van der Waals surface area (Å²) >= 11 is 1.79. The maximum atomic E-state index is 5.30. The molecule has 0 aromatic carbocycles. The molecule has 120 valence electrons. The van der Waals surface area contributed by atoms with Crippen molar-refractivity contribution in [3.63, 3.8) is 0 Å². The molecule has 0 radical (unpaired) electrons. The highest BCUT2D eigenvalue weighted by atomic mass is 32.1. The molecule has 0 aliphatic heterocycles. The number of methoxy groups -OCH3 is 2. The molecule has 1 aromatic heterocycles. The van der Waals surface area contributed by atoms with E-state index >= 15 is 0 Å². The van der Waals surface area contributed by atoms with Crippen molar-refractivity contribution in [2.24, 2.45) is 0 Å². The summed E-state index contributed by atoms with van der Waals surface area (Å²) < 4.78 is 10.5. The summed E-state index contributed by atoms with van der Waals surface area (Å²) in [6.07, 6.45) is 2.53. The third-order valence-corrected chi connectivity index (χ3v) is 4.62. The Balaban J connectivity index is 2.11. The van der Waals surface area contributed by atoms with Crippen LogP contribution in [0.1, 0.15) is 37.3 Å². The van der Waals surface area contributed by atoms with Gasteiger partial charge in [0.15, 0.2) is 5.13 Å². The van der Waals surface area contributed by atoms with E-state index in [1.165, 1.54) is 17.7 Å². The molecule has 21 heavy (non-hydrogen) atoms. The quantitative estimate of drug-likeness (QED) is 0.719. The smallest absolute Gasteiger partial charge is 0.186 e. The van der Waals surface area contributed by atoms with Crippen molar-refractivity contribution in [2.75, 3.05) is 32.3 Å². The zero-order chi connectivity index (χ0) is 15.2. The Morgan fingerprint density at radius 3 is 2.67 bits per heavy atom. The van der Waals surface area contributed by atoms with Crippen LogP contribution in [0.3, 0.4) is 0 Å². The molecule has 1 saturated carbocycles. The maximum absolute atomic E-state index is 5.30. The minimum atomic E-state index is 0.471. The first-order chi connectivity index (χ1) is 10.2. The molecule has 6 heteroatoms. The first-order valence-corrected chi connectivity index (χ1v) is 8.43. The fraction of sp³-hybridized carbons (Fsp3) is 0.800. The van der Waals surface area contributed by atoms with Crippen LogP contribution in [0.15, 0.2) is 0 Å². The normalized spacial score (nSPS) is 14.9. The number of nitrogens with one attached hydrogen (secondary N) is 1. The minimum absolute atomic E-state index is 0.471. The number of ether oxygens (including phenoxy) is 2. The van der Waals surface area contributed by atoms with Gasteiger partial charge in [0, 0.05) is 44.3 Å². The number of anilines is 1. The van der Waals surface area contributed by atoms with Crippen molar-refractivity contribution in [2.45, 2.75) is 51.9 Å². The molecule has 0 saturated heterocycles. The van der Waals surface area contributed by atoms with Gasteiger partial charge in [-0.25, -0.2) is 4.98 Å². The van der Waals surface area contributed by atoms with Crippen LogP contribution in [0.4, 0.5) is 5.13 Å². The van der Waals surface area contributed by atoms with Crippen LogP contribution in [0.25, 0.3) is 0 Å². The third-order valence-electron chi connectivity index (χ3n) is 3.49. The lowest BCUT2D eigenvalue weighted by atomic mass is 10.3. The van der Waals surface area contributed by atoms with Gasteiger partial charge >= 0.3 is 0 Å². The molecular formula is C15H27N3O2S. The van der Waals surface area contributed by atoms with Crippen molar-refractivity contribution in [1.29, 1.82) is 0 Å². The number of nitrogens with zero attached hydrogens (tertiary/aromatic N) is 2. The molecule has 1 heterocycles. The first-order valence-electron chi connectivity index (χ1n) is 7.62. The molecule has 1 N–H and O–H groups in total. The molecule has 5 nitrogen and oxygen atoms in total. The average molecular weight is 313 g/mol. The average Bonchev–Trinajstić information content (AvgIpc) is 3.20. The summed E-state index contributed by atoms with van der Waals surface area (Å²) in [5, 5.41) is 4.59. The van der Waals surface area contributed by atoms with Crippen molar-refractivity contribution in [1.82, 2.24) is 10.3 Å². The lowest BCUT2D eigenvalue weighted by Gasteiger charge is -2.20. The molecule has 1 aliphatic rings. The van der Waals surface area contributed by atoms with Gasteiger partial charge < -0.3 is 19.7 Å². The van der Waals surface area contributed by atoms with Crippen LogP contribution < -0.4 is 10.2 Å². The van der Waals surface area contributed by atoms with Crippen molar-refractivity contribution >= 4 is 16.5 Å². The van der Waals surface area contributed by atoms with Gasteiger partial charge in [-0.2, -0.15) is 0 Å². The second-order valence-electron chi connectivity index (χ2n) is 5.75. The van der Waals surface area contributed by atoms with Gasteiger partial charge in [0.1, 0.15) is 0 Å². The predicted molar refractivity (Wildman–Crippen MR) is 87.0 cm³/mol. The van der Waals surface area contributed by atoms with E-state index in [1.54, 1.807) is 25.6 Å². The molecule has 0 amide bonds. The fourth-order valence-corrected chi connectivity index (χ4v) is 3.30. The summed E-state index contributed by atoms with van der Waals surface area (Å²) in [6.45, 7) is 7.42. The van der Waals surface area contributed by atoms with E-state index in [4.69, 9.17) is 14.5 Å². The topological polar surface area (TPSA) is 46.6 Å². The van der Waals surface area contributed by atoms with Gasteiger partial charge in [-0.05, 0) is 12.8 Å². The van der Waals surface area contributed by atoms with E-state index in [1.807, 2.05) is 0 Å². The van der Waals surface area contributed by atoms with Crippen LogP contribution in [-0.2, 0) is 22.6 Å². The summed E-state index contributed by atoms with van der Waals surface area (Å²) in [5.41, 5.74) is 1.06. The number of thiazole rings is 1. The number of hydrogen-bond donors (Lipinski definition) is 1. The Labute approximate surface area is 131 Å². The third kappa shape index (κ3) is 4.92. The lowest BCUT2D eigenvalue weighted by molar-refractivity contribution is 0.181. The van der Waals surface area contributed by atoms with E-state index in [-0.39, 0.29) is 0 Å². The molecular weight excluding hydrogens is 286 g/mol. The molecule has 2 rings (SSSR count). The fourth-order valence-electron chi connectivity index (χ4n) is 2.19. The molecule has 0 spiro atoms. The highest BCUT2D eigenvalue weighted by molar-refractivity contribution is 7.15. The summed E-state index contributed by atoms with van der Waals surface area (Å²) in [7, 11) is 3.48. The Morgan fingerprint density at radius 2 is 2.10 bits per heavy atom. The molecule has 0 unspecified atom stereocenters. The second-order valence-corrected chi connectivity index (χ2v) is 6.81. The van der Waals surface area contributed by atoms with Gasteiger partial charge in [-0.3, -0.25) is 0 Å². The molecule has 1 aliphatic carbocycles. The van der Waals surface area contributed by atoms with Crippen molar-refractivity contribution < 1.29 is 9.47 Å². The highest BCUT2D eigenvalue weighted by Gasteiger charge is 2.31. The van der Waals surface area contributed by atoms with Crippen LogP contribution in [0.5, 0.6) is 0 Å². The van der Waals surface area contributed by atoms with E-state index in [2.05, 4.69) is 24.1 Å². The SMILES string of the molecule is COCCN(c1nc(COC)c(CNC(C)C)s1)C1CC1. The van der Waals surface area contributed by atoms with Crippen LogP contribution >= 0.6 is 11.3 Å². The molecule has 1 fully saturated rings. The predicted octanol–water partition coefficient (Wildman–Crippen LogP) is 2.40. The Kier molecular flexibility index (Phi) is 6.41. The van der Waals surface area contributed by atoms with Gasteiger partial charge in [-0.15, -0.1) is 11.3 Å². The van der Waals surface area contributed by atoms with Gasteiger partial charge in [0.25, 0.3) is 0 Å². The van der Waals surface area contributed by atoms with Crippen LogP contribution in [0.2, 0.25) is 0 Å². The maximum Gasteiger partial charge on any atom is 0.186 e. The molecule has 1 aromatic rings. The Morgan fingerprint density at radius 1 is 1.33 bits per heavy atom. The Bertz CT molecular complexity index is 433.